The van der Waals surface area contributed by atoms with Crippen molar-refractivity contribution in [1.82, 2.24) is 19.2 Å². The lowest BCUT2D eigenvalue weighted by Gasteiger charge is -2.29. The first-order chi connectivity index (χ1) is 10.9. The third-order valence-corrected chi connectivity index (χ3v) is 4.98. The summed E-state index contributed by atoms with van der Waals surface area (Å²) in [6.07, 6.45) is 7.41. The summed E-state index contributed by atoms with van der Waals surface area (Å²) in [5.74, 6) is 1.67. The Morgan fingerprint density at radius 3 is 2.43 bits per heavy atom. The summed E-state index contributed by atoms with van der Waals surface area (Å²) >= 11 is 0. The molecule has 0 spiro atoms. The lowest BCUT2D eigenvalue weighted by atomic mass is 9.84. The molecule has 0 radical (unpaired) electrons. The van der Waals surface area contributed by atoms with Crippen molar-refractivity contribution in [3.8, 4) is 5.82 Å². The highest BCUT2D eigenvalue weighted by Gasteiger charge is 2.37. The molecule has 1 saturated carbocycles. The van der Waals surface area contributed by atoms with Crippen molar-refractivity contribution in [3.05, 3.63) is 35.8 Å². The molecule has 122 valence electrons. The van der Waals surface area contributed by atoms with Crippen LogP contribution >= 0.6 is 0 Å². The Kier molecular flexibility index (Phi) is 3.15. The zero-order chi connectivity index (χ0) is 16.2. The molecule has 2 aromatic rings. The lowest BCUT2D eigenvalue weighted by molar-refractivity contribution is -0.138. The van der Waals surface area contributed by atoms with E-state index in [4.69, 9.17) is 5.10 Å². The van der Waals surface area contributed by atoms with Crippen molar-refractivity contribution in [3.63, 3.8) is 0 Å². The average molecular weight is 312 g/mol. The second-order valence-electron chi connectivity index (χ2n) is 7.74. The molecular formula is C18H24N4O. The largest absolute Gasteiger partial charge is 0.332 e. The van der Waals surface area contributed by atoms with E-state index in [0.29, 0.717) is 19.0 Å². The Balaban J connectivity index is 1.71. The van der Waals surface area contributed by atoms with Gasteiger partial charge in [0.05, 0.1) is 24.3 Å². The molecule has 0 bridgehead atoms. The maximum Gasteiger partial charge on any atom is 0.226 e. The minimum atomic E-state index is -0.0905. The summed E-state index contributed by atoms with van der Waals surface area (Å²) in [7, 11) is 0. The minimum Gasteiger partial charge on any atom is -0.332 e. The minimum absolute atomic E-state index is 0.0905. The molecule has 0 unspecified atom stereocenters. The van der Waals surface area contributed by atoms with Gasteiger partial charge in [-0.05, 0) is 45.7 Å². The Morgan fingerprint density at radius 1 is 1.17 bits per heavy atom. The molecule has 1 fully saturated rings. The Bertz CT molecular complexity index is 732. The van der Waals surface area contributed by atoms with E-state index in [2.05, 4.69) is 42.4 Å². The number of rotatable bonds is 2. The van der Waals surface area contributed by atoms with Crippen LogP contribution in [0.4, 0.5) is 0 Å². The van der Waals surface area contributed by atoms with E-state index in [9.17, 15) is 4.79 Å². The fourth-order valence-corrected chi connectivity index (χ4v) is 3.48. The van der Waals surface area contributed by atoms with Gasteiger partial charge in [0.25, 0.3) is 0 Å². The molecule has 1 aliphatic carbocycles. The Labute approximate surface area is 136 Å². The van der Waals surface area contributed by atoms with E-state index in [0.717, 1.165) is 24.4 Å². The molecule has 5 nitrogen and oxygen atoms in total. The summed E-state index contributed by atoms with van der Waals surface area (Å²) in [6.45, 7) is 7.84. The number of nitrogens with zero attached hydrogens (tertiary/aromatic N) is 4. The molecule has 0 N–H and O–H groups in total. The number of hydrogen-bond donors (Lipinski definition) is 0. The van der Waals surface area contributed by atoms with Crippen LogP contribution in [-0.2, 0) is 23.4 Å². The highest BCUT2D eigenvalue weighted by atomic mass is 16.2. The Morgan fingerprint density at radius 2 is 1.87 bits per heavy atom. The van der Waals surface area contributed by atoms with Gasteiger partial charge in [-0.2, -0.15) is 5.10 Å². The molecule has 1 aliphatic heterocycles. The van der Waals surface area contributed by atoms with Crippen LogP contribution in [0.1, 0.15) is 51.3 Å². The normalized spacial score (nSPS) is 18.1. The fraction of sp³-hybridized carbons (Fsp3) is 0.556. The standard InChI is InChI=1S/C18H24N4O/c1-18(2,3)22-16(20-9-4-5-10-20)14-11-21(12-15(14)19-22)17(23)13-7-6-8-13/h4-5,9-10,13H,6-8,11-12H2,1-3H3. The molecule has 3 heterocycles. The van der Waals surface area contributed by atoms with Gasteiger partial charge in [0.2, 0.25) is 5.91 Å². The number of amides is 1. The number of carbonyl (C=O) groups is 1. The van der Waals surface area contributed by atoms with E-state index in [1.54, 1.807) is 0 Å². The third kappa shape index (κ3) is 2.30. The van der Waals surface area contributed by atoms with Crippen molar-refractivity contribution in [1.29, 1.82) is 0 Å². The second kappa shape index (κ2) is 4.98. The Hall–Kier alpha value is -2.04. The molecule has 5 heteroatoms. The number of hydrogen-bond acceptors (Lipinski definition) is 2. The molecule has 2 aromatic heterocycles. The third-order valence-electron chi connectivity index (χ3n) is 4.98. The predicted molar refractivity (Wildman–Crippen MR) is 88.1 cm³/mol. The van der Waals surface area contributed by atoms with Crippen LogP contribution in [0.15, 0.2) is 24.5 Å². The summed E-state index contributed by atoms with van der Waals surface area (Å²) in [5.41, 5.74) is 2.16. The van der Waals surface area contributed by atoms with Crippen molar-refractivity contribution < 1.29 is 4.79 Å². The van der Waals surface area contributed by atoms with Crippen LogP contribution in [0, 0.1) is 5.92 Å². The summed E-state index contributed by atoms with van der Waals surface area (Å²) in [4.78, 5) is 14.5. The molecule has 23 heavy (non-hydrogen) atoms. The fourth-order valence-electron chi connectivity index (χ4n) is 3.48. The highest BCUT2D eigenvalue weighted by molar-refractivity contribution is 5.80. The topological polar surface area (TPSA) is 43.1 Å². The SMILES string of the molecule is CC(C)(C)n1nc2c(c1-n1cccc1)CN(C(=O)C1CCC1)C2. The maximum absolute atomic E-state index is 12.6. The van der Waals surface area contributed by atoms with Gasteiger partial charge < -0.3 is 9.47 Å². The van der Waals surface area contributed by atoms with Crippen molar-refractivity contribution in [2.45, 2.75) is 58.7 Å². The molecule has 0 atom stereocenters. The zero-order valence-corrected chi connectivity index (χ0v) is 14.1. The first-order valence-corrected chi connectivity index (χ1v) is 8.48. The quantitative estimate of drug-likeness (QED) is 0.855. The van der Waals surface area contributed by atoms with Crippen LogP contribution < -0.4 is 0 Å². The number of fused-ring (bicyclic) bond motifs is 1. The molecule has 4 rings (SSSR count). The van der Waals surface area contributed by atoms with E-state index < -0.39 is 0 Å². The van der Waals surface area contributed by atoms with Gasteiger partial charge in [0, 0.05) is 23.9 Å². The first kappa shape index (κ1) is 14.5. The zero-order valence-electron chi connectivity index (χ0n) is 14.1. The monoisotopic (exact) mass is 312 g/mol. The van der Waals surface area contributed by atoms with Gasteiger partial charge in [-0.1, -0.05) is 6.42 Å². The van der Waals surface area contributed by atoms with E-state index in [-0.39, 0.29) is 11.5 Å². The van der Waals surface area contributed by atoms with E-state index in [1.165, 1.54) is 12.0 Å². The smallest absolute Gasteiger partial charge is 0.226 e. The van der Waals surface area contributed by atoms with Crippen LogP contribution in [0.2, 0.25) is 0 Å². The van der Waals surface area contributed by atoms with Gasteiger partial charge in [-0.25, -0.2) is 4.68 Å². The van der Waals surface area contributed by atoms with Crippen LogP contribution in [0.25, 0.3) is 5.82 Å². The van der Waals surface area contributed by atoms with Crippen LogP contribution in [-0.4, -0.2) is 25.2 Å². The number of aromatic nitrogens is 3. The maximum atomic E-state index is 12.6. The average Bonchev–Trinajstić information content (AvgIpc) is 3.09. The molecule has 0 aromatic carbocycles. The van der Waals surface area contributed by atoms with Gasteiger partial charge >= 0.3 is 0 Å². The summed E-state index contributed by atoms with van der Waals surface area (Å²) in [6, 6.07) is 4.05. The van der Waals surface area contributed by atoms with Crippen molar-refractivity contribution in [2.75, 3.05) is 0 Å². The molecule has 0 saturated heterocycles. The van der Waals surface area contributed by atoms with Crippen molar-refractivity contribution >= 4 is 5.91 Å². The van der Waals surface area contributed by atoms with Crippen LogP contribution in [0.3, 0.4) is 0 Å². The molecule has 1 amide bonds. The number of carbonyl (C=O) groups excluding carboxylic acids is 1. The molecular weight excluding hydrogens is 288 g/mol. The van der Waals surface area contributed by atoms with E-state index in [1.807, 2.05) is 17.0 Å². The second-order valence-corrected chi connectivity index (χ2v) is 7.74. The lowest BCUT2D eigenvalue weighted by Crippen LogP contribution is -2.36. The molecule has 2 aliphatic rings. The van der Waals surface area contributed by atoms with E-state index >= 15 is 0 Å². The van der Waals surface area contributed by atoms with Gasteiger partial charge in [-0.3, -0.25) is 4.79 Å². The van der Waals surface area contributed by atoms with Gasteiger partial charge in [0.1, 0.15) is 5.82 Å². The summed E-state index contributed by atoms with van der Waals surface area (Å²) < 4.78 is 4.22. The van der Waals surface area contributed by atoms with Crippen LogP contribution in [0.5, 0.6) is 0 Å². The highest BCUT2D eigenvalue weighted by Crippen LogP contribution is 2.35. The predicted octanol–water partition coefficient (Wildman–Crippen LogP) is 3.07. The van der Waals surface area contributed by atoms with Crippen molar-refractivity contribution in [2.24, 2.45) is 5.92 Å². The van der Waals surface area contributed by atoms with Gasteiger partial charge in [0.15, 0.2) is 0 Å². The van der Waals surface area contributed by atoms with Gasteiger partial charge in [-0.15, -0.1) is 0 Å². The first-order valence-electron chi connectivity index (χ1n) is 8.48. The summed E-state index contributed by atoms with van der Waals surface area (Å²) in [5, 5.41) is 4.86.